The minimum atomic E-state index is 1.08. The summed E-state index contributed by atoms with van der Waals surface area (Å²) in [4.78, 5) is 0. The van der Waals surface area contributed by atoms with Crippen molar-refractivity contribution in [3.05, 3.63) is 70.2 Å². The van der Waals surface area contributed by atoms with Crippen LogP contribution < -0.4 is 0 Å². The van der Waals surface area contributed by atoms with Crippen molar-refractivity contribution in [3.63, 3.8) is 0 Å². The lowest BCUT2D eigenvalue weighted by atomic mass is 10.1. The molecule has 0 saturated heterocycles. The van der Waals surface area contributed by atoms with E-state index < -0.39 is 0 Å². The fourth-order valence-electron chi connectivity index (χ4n) is 1.41. The Kier molecular flexibility index (Phi) is 3.97. The van der Waals surface area contributed by atoms with Crippen molar-refractivity contribution < 1.29 is 0 Å². The second kappa shape index (κ2) is 5.46. The predicted molar refractivity (Wildman–Crippen MR) is 77.4 cm³/mol. The highest BCUT2D eigenvalue weighted by Crippen LogP contribution is 2.26. The Hall–Kier alpha value is -0.860. The molecule has 0 unspecified atom stereocenters. The van der Waals surface area contributed by atoms with Crippen molar-refractivity contribution in [2.24, 2.45) is 0 Å². The van der Waals surface area contributed by atoms with E-state index >= 15 is 0 Å². The molecule has 0 bridgehead atoms. The molecule has 2 aromatic rings. The first-order chi connectivity index (χ1) is 7.77. The van der Waals surface area contributed by atoms with E-state index in [-0.39, 0.29) is 0 Å². The van der Waals surface area contributed by atoms with E-state index in [0.717, 1.165) is 8.96 Å². The molecule has 0 nitrogen and oxygen atoms in total. The standard InChI is InChI=1S/C14H10Br2/c15-13-9-5-4-8-12(13)10-14(16)11-6-2-1-3-7-11/h1-10H/b14-10+. The summed E-state index contributed by atoms with van der Waals surface area (Å²) in [6, 6.07) is 18.4. The van der Waals surface area contributed by atoms with Crippen LogP contribution in [0.5, 0.6) is 0 Å². The molecule has 0 saturated carbocycles. The molecule has 2 heteroatoms. The zero-order valence-corrected chi connectivity index (χ0v) is 11.7. The monoisotopic (exact) mass is 336 g/mol. The summed E-state index contributed by atoms with van der Waals surface area (Å²) in [5, 5.41) is 0. The average molecular weight is 338 g/mol. The number of halogens is 2. The Balaban J connectivity index is 2.36. The lowest BCUT2D eigenvalue weighted by Crippen LogP contribution is -1.78. The predicted octanol–water partition coefficient (Wildman–Crippen LogP) is 5.34. The minimum absolute atomic E-state index is 1.08. The second-order valence-electron chi connectivity index (χ2n) is 3.38. The molecular weight excluding hydrogens is 328 g/mol. The van der Waals surface area contributed by atoms with Gasteiger partial charge in [0.25, 0.3) is 0 Å². The molecule has 0 aliphatic heterocycles. The van der Waals surface area contributed by atoms with E-state index in [1.54, 1.807) is 0 Å². The quantitative estimate of drug-likeness (QED) is 0.648. The molecule has 0 amide bonds. The van der Waals surface area contributed by atoms with Gasteiger partial charge in [-0.15, -0.1) is 0 Å². The summed E-state index contributed by atoms with van der Waals surface area (Å²) in [6.07, 6.45) is 2.11. The van der Waals surface area contributed by atoms with Gasteiger partial charge in [-0.1, -0.05) is 80.4 Å². The van der Waals surface area contributed by atoms with E-state index in [2.05, 4.69) is 56.1 Å². The first-order valence-electron chi connectivity index (χ1n) is 4.94. The number of hydrogen-bond acceptors (Lipinski definition) is 0. The van der Waals surface area contributed by atoms with Gasteiger partial charge in [0, 0.05) is 8.96 Å². The van der Waals surface area contributed by atoms with Gasteiger partial charge in [-0.25, -0.2) is 0 Å². The van der Waals surface area contributed by atoms with E-state index in [9.17, 15) is 0 Å². The molecule has 0 aliphatic rings. The van der Waals surface area contributed by atoms with Crippen molar-refractivity contribution in [2.75, 3.05) is 0 Å². The van der Waals surface area contributed by atoms with E-state index in [1.807, 2.05) is 36.4 Å². The van der Waals surface area contributed by atoms with Crippen LogP contribution in [0.4, 0.5) is 0 Å². The molecule has 16 heavy (non-hydrogen) atoms. The third kappa shape index (κ3) is 2.83. The minimum Gasteiger partial charge on any atom is -0.0622 e. The van der Waals surface area contributed by atoms with Gasteiger partial charge in [-0.05, 0) is 23.3 Å². The van der Waals surface area contributed by atoms with E-state index in [1.165, 1.54) is 11.1 Å². The molecule has 0 fully saturated rings. The van der Waals surface area contributed by atoms with Crippen molar-refractivity contribution >= 4 is 42.4 Å². The van der Waals surface area contributed by atoms with Gasteiger partial charge < -0.3 is 0 Å². The molecule has 0 aliphatic carbocycles. The van der Waals surface area contributed by atoms with Crippen LogP contribution in [0, 0.1) is 0 Å². The highest BCUT2D eigenvalue weighted by Gasteiger charge is 1.99. The van der Waals surface area contributed by atoms with Crippen molar-refractivity contribution in [1.82, 2.24) is 0 Å². The van der Waals surface area contributed by atoms with E-state index in [4.69, 9.17) is 0 Å². The summed E-state index contributed by atoms with van der Waals surface area (Å²) in [5.74, 6) is 0. The fraction of sp³-hybridized carbons (Fsp3) is 0. The number of benzene rings is 2. The molecule has 2 rings (SSSR count). The second-order valence-corrected chi connectivity index (χ2v) is 5.09. The maximum Gasteiger partial charge on any atom is 0.0254 e. The molecule has 0 radical (unpaired) electrons. The van der Waals surface area contributed by atoms with Crippen LogP contribution in [0.1, 0.15) is 11.1 Å². The van der Waals surface area contributed by atoms with Gasteiger partial charge in [0.1, 0.15) is 0 Å². The van der Waals surface area contributed by atoms with Crippen molar-refractivity contribution in [3.8, 4) is 0 Å². The molecular formula is C14H10Br2. The Labute approximate surface area is 112 Å². The SMILES string of the molecule is Br/C(=C/c1ccccc1Br)c1ccccc1. The average Bonchev–Trinajstić information content (AvgIpc) is 2.33. The Morgan fingerprint density at radius 1 is 0.875 bits per heavy atom. The van der Waals surface area contributed by atoms with Crippen LogP contribution in [-0.4, -0.2) is 0 Å². The van der Waals surface area contributed by atoms with Gasteiger partial charge in [0.05, 0.1) is 0 Å². The van der Waals surface area contributed by atoms with E-state index in [0.29, 0.717) is 0 Å². The highest BCUT2D eigenvalue weighted by molar-refractivity contribution is 9.15. The lowest BCUT2D eigenvalue weighted by molar-refractivity contribution is 1.60. The fourth-order valence-corrected chi connectivity index (χ4v) is 2.32. The zero-order chi connectivity index (χ0) is 11.4. The van der Waals surface area contributed by atoms with Crippen LogP contribution >= 0.6 is 31.9 Å². The first kappa shape index (κ1) is 11.6. The van der Waals surface area contributed by atoms with Crippen LogP contribution in [0.25, 0.3) is 10.6 Å². The largest absolute Gasteiger partial charge is 0.0622 e. The molecule has 0 spiro atoms. The van der Waals surface area contributed by atoms with Gasteiger partial charge >= 0.3 is 0 Å². The van der Waals surface area contributed by atoms with Gasteiger partial charge in [-0.2, -0.15) is 0 Å². The molecule has 80 valence electrons. The summed E-state index contributed by atoms with van der Waals surface area (Å²) >= 11 is 7.13. The Morgan fingerprint density at radius 2 is 1.50 bits per heavy atom. The van der Waals surface area contributed by atoms with Crippen LogP contribution in [0.3, 0.4) is 0 Å². The lowest BCUT2D eigenvalue weighted by Gasteiger charge is -2.01. The maximum absolute atomic E-state index is 3.60. The van der Waals surface area contributed by atoms with Gasteiger partial charge in [0.2, 0.25) is 0 Å². The first-order valence-corrected chi connectivity index (χ1v) is 6.53. The summed E-state index contributed by atoms with van der Waals surface area (Å²) in [7, 11) is 0. The summed E-state index contributed by atoms with van der Waals surface area (Å²) in [5.41, 5.74) is 2.34. The zero-order valence-electron chi connectivity index (χ0n) is 8.53. The van der Waals surface area contributed by atoms with Gasteiger partial charge in [-0.3, -0.25) is 0 Å². The highest BCUT2D eigenvalue weighted by atomic mass is 79.9. The molecule has 2 aromatic carbocycles. The number of hydrogen-bond donors (Lipinski definition) is 0. The Bertz CT molecular complexity index is 501. The summed E-state index contributed by atoms with van der Waals surface area (Å²) in [6.45, 7) is 0. The van der Waals surface area contributed by atoms with Crippen molar-refractivity contribution in [1.29, 1.82) is 0 Å². The third-order valence-electron chi connectivity index (χ3n) is 2.24. The molecule has 0 atom stereocenters. The van der Waals surface area contributed by atoms with Crippen LogP contribution in [-0.2, 0) is 0 Å². The van der Waals surface area contributed by atoms with Crippen molar-refractivity contribution in [2.45, 2.75) is 0 Å². The third-order valence-corrected chi connectivity index (χ3v) is 3.65. The van der Waals surface area contributed by atoms with Crippen LogP contribution in [0.15, 0.2) is 59.1 Å². The topological polar surface area (TPSA) is 0 Å². The van der Waals surface area contributed by atoms with Gasteiger partial charge in [0.15, 0.2) is 0 Å². The summed E-state index contributed by atoms with van der Waals surface area (Å²) < 4.78 is 2.18. The molecule has 0 aromatic heterocycles. The molecule has 0 heterocycles. The maximum atomic E-state index is 3.60. The smallest absolute Gasteiger partial charge is 0.0254 e. The molecule has 0 N–H and O–H groups in total. The normalized spacial score (nSPS) is 11.5. The Morgan fingerprint density at radius 3 is 2.19 bits per heavy atom. The van der Waals surface area contributed by atoms with Crippen LogP contribution in [0.2, 0.25) is 0 Å². The number of rotatable bonds is 2.